The highest BCUT2D eigenvalue weighted by Gasteiger charge is 2.85. The molecule has 7 rings (SSSR count). The number of carbonyl (C=O) groups is 2. The number of nitrogens with one attached hydrogen (secondary N) is 1. The molecule has 10 atom stereocenters. The Morgan fingerprint density at radius 1 is 1.02 bits per heavy atom. The summed E-state index contributed by atoms with van der Waals surface area (Å²) in [7, 11) is 2.10. The molecule has 236 valence electrons. The molecule has 2 N–H and O–H groups in total. The number of esters is 1. The van der Waals surface area contributed by atoms with E-state index >= 15 is 0 Å². The first-order valence-corrected chi connectivity index (χ1v) is 16.3. The summed E-state index contributed by atoms with van der Waals surface area (Å²) in [5.41, 5.74) is -1.46. The Bertz CT molecular complexity index is 1330. The molecule has 0 unspecified atom stereocenters. The Morgan fingerprint density at radius 3 is 2.53 bits per heavy atom. The van der Waals surface area contributed by atoms with Crippen molar-refractivity contribution in [2.45, 2.75) is 108 Å². The predicted molar refractivity (Wildman–Crippen MR) is 157 cm³/mol. The Hall–Kier alpha value is -2.43. The molecular weight excluding hydrogens is 550 g/mol. The molecule has 4 aliphatic carbocycles. The van der Waals surface area contributed by atoms with Crippen LogP contribution < -0.4 is 10.9 Å². The smallest absolute Gasteiger partial charge is 0.335 e. The van der Waals surface area contributed by atoms with Gasteiger partial charge in [-0.2, -0.15) is 0 Å². The van der Waals surface area contributed by atoms with Gasteiger partial charge in [0, 0.05) is 50.0 Å². The number of amides is 2. The highest BCUT2D eigenvalue weighted by molar-refractivity contribution is 5.74. The van der Waals surface area contributed by atoms with E-state index in [4.69, 9.17) is 13.9 Å². The third-order valence-electron chi connectivity index (χ3n) is 13.0. The van der Waals surface area contributed by atoms with Crippen molar-refractivity contribution in [3.63, 3.8) is 0 Å². The number of hydrogen-bond donors (Lipinski definition) is 2. The molecule has 1 aromatic heterocycles. The predicted octanol–water partition coefficient (Wildman–Crippen LogP) is 3.27. The van der Waals surface area contributed by atoms with E-state index in [0.717, 1.165) is 70.3 Å². The molecule has 2 aliphatic heterocycles. The lowest BCUT2D eigenvalue weighted by molar-refractivity contribution is -0.214. The lowest BCUT2D eigenvalue weighted by Crippen LogP contribution is -2.66. The molecule has 4 saturated carbocycles. The molecule has 0 aromatic carbocycles. The zero-order chi connectivity index (χ0) is 30.4. The summed E-state index contributed by atoms with van der Waals surface area (Å²) in [4.78, 5) is 41.5. The van der Waals surface area contributed by atoms with Gasteiger partial charge in [0.2, 0.25) is 0 Å². The first kappa shape index (κ1) is 29.3. The molecule has 10 heteroatoms. The van der Waals surface area contributed by atoms with E-state index in [2.05, 4.69) is 31.1 Å². The molecule has 1 spiro atoms. The van der Waals surface area contributed by atoms with Crippen LogP contribution in [0.15, 0.2) is 27.6 Å². The zero-order valence-electron chi connectivity index (χ0n) is 26.0. The van der Waals surface area contributed by atoms with Crippen molar-refractivity contribution in [2.24, 2.45) is 22.7 Å². The minimum absolute atomic E-state index is 0.00649. The van der Waals surface area contributed by atoms with Crippen LogP contribution in [-0.2, 0) is 14.3 Å². The Morgan fingerprint density at radius 2 is 1.79 bits per heavy atom. The fourth-order valence-electron chi connectivity index (χ4n) is 10.8. The van der Waals surface area contributed by atoms with Crippen LogP contribution in [0.25, 0.3) is 0 Å². The number of hydrogen-bond acceptors (Lipinski definition) is 8. The van der Waals surface area contributed by atoms with Crippen molar-refractivity contribution < 1.29 is 28.6 Å². The normalized spacial score (nSPS) is 45.6. The van der Waals surface area contributed by atoms with Gasteiger partial charge >= 0.3 is 17.6 Å². The van der Waals surface area contributed by atoms with Crippen LogP contribution in [0.3, 0.4) is 0 Å². The maximum Gasteiger partial charge on any atom is 0.335 e. The first-order valence-electron chi connectivity index (χ1n) is 16.3. The monoisotopic (exact) mass is 597 g/mol. The van der Waals surface area contributed by atoms with Crippen molar-refractivity contribution >= 4 is 12.0 Å². The average Bonchev–Trinajstić information content (AvgIpc) is 3.70. The summed E-state index contributed by atoms with van der Waals surface area (Å²) in [5.74, 6) is 0.00116. The molecule has 2 amide bonds. The topological polar surface area (TPSA) is 125 Å². The zero-order valence-corrected chi connectivity index (χ0v) is 26.0. The number of nitrogens with zero attached hydrogens (tertiary/aromatic N) is 2. The van der Waals surface area contributed by atoms with Crippen molar-refractivity contribution in [2.75, 3.05) is 33.2 Å². The summed E-state index contributed by atoms with van der Waals surface area (Å²) in [6.07, 6.45) is 7.38. The average molecular weight is 598 g/mol. The summed E-state index contributed by atoms with van der Waals surface area (Å²) >= 11 is 0. The lowest BCUT2D eigenvalue weighted by atomic mass is 9.42. The number of ether oxygens (including phenoxy) is 2. The maximum absolute atomic E-state index is 13.2. The third kappa shape index (κ3) is 4.26. The van der Waals surface area contributed by atoms with E-state index in [-0.39, 0.29) is 52.7 Å². The van der Waals surface area contributed by atoms with Gasteiger partial charge in [0.15, 0.2) is 0 Å². The largest absolute Gasteiger partial charge is 0.459 e. The maximum atomic E-state index is 13.2. The van der Waals surface area contributed by atoms with E-state index in [9.17, 15) is 19.5 Å². The first-order chi connectivity index (χ1) is 20.4. The van der Waals surface area contributed by atoms with Crippen molar-refractivity contribution in [1.82, 2.24) is 15.1 Å². The number of likely N-dealkylation sites (N-methyl/N-ethyl adjacent to an activating group) is 1. The number of aliphatic hydroxyl groups is 1. The standard InChI is InChI=1S/C33H47N3O7/c1-20(37)42-27-26(21-6-7-25(38)41-19-21)31(3)12-9-23-24(33(31)28(27)43-33)10-13-32(40)18-22(8-11-30(23,32)2)34-29(39)36-15-5-14-35(4)16-17-36/h6-7,19,22-24,26-28,40H,5,8-18H2,1-4H3,(H,34,39)/t22-,23-,24+,26-,27+,28+,30+,31+,32-,33+/m0/s1. The van der Waals surface area contributed by atoms with Gasteiger partial charge in [-0.05, 0) is 93.8 Å². The van der Waals surface area contributed by atoms with Crippen LogP contribution in [0, 0.1) is 22.7 Å². The minimum Gasteiger partial charge on any atom is -0.459 e. The number of fused-ring (bicyclic) bond motifs is 3. The van der Waals surface area contributed by atoms with Gasteiger partial charge in [0.25, 0.3) is 0 Å². The second-order valence-corrected chi connectivity index (χ2v) is 15.0. The third-order valence-corrected chi connectivity index (χ3v) is 13.0. The van der Waals surface area contributed by atoms with Crippen molar-refractivity contribution in [3.05, 3.63) is 34.4 Å². The van der Waals surface area contributed by atoms with Gasteiger partial charge in [0.1, 0.15) is 17.8 Å². The van der Waals surface area contributed by atoms with E-state index in [1.807, 2.05) is 11.0 Å². The lowest BCUT2D eigenvalue weighted by Gasteiger charge is -2.64. The molecule has 6 aliphatic rings. The van der Waals surface area contributed by atoms with Crippen molar-refractivity contribution in [1.29, 1.82) is 0 Å². The van der Waals surface area contributed by atoms with Gasteiger partial charge < -0.3 is 34.1 Å². The van der Waals surface area contributed by atoms with Gasteiger partial charge in [0.05, 0.1) is 11.9 Å². The molecule has 1 aromatic rings. The quantitative estimate of drug-likeness (QED) is 0.402. The Kier molecular flexibility index (Phi) is 6.84. The summed E-state index contributed by atoms with van der Waals surface area (Å²) in [6.45, 7) is 9.35. The number of urea groups is 1. The van der Waals surface area contributed by atoms with Crippen LogP contribution in [-0.4, -0.2) is 89.6 Å². The van der Waals surface area contributed by atoms with Gasteiger partial charge in [-0.15, -0.1) is 0 Å². The molecule has 6 fully saturated rings. The van der Waals surface area contributed by atoms with Crippen molar-refractivity contribution in [3.8, 4) is 0 Å². The number of rotatable bonds is 3. The summed E-state index contributed by atoms with van der Waals surface area (Å²) < 4.78 is 18.0. The van der Waals surface area contributed by atoms with E-state index in [1.54, 1.807) is 0 Å². The van der Waals surface area contributed by atoms with Gasteiger partial charge in [-0.25, -0.2) is 9.59 Å². The number of epoxide rings is 1. The van der Waals surface area contributed by atoms with Crippen LogP contribution in [0.5, 0.6) is 0 Å². The van der Waals surface area contributed by atoms with E-state index in [0.29, 0.717) is 12.8 Å². The van der Waals surface area contributed by atoms with Crippen LogP contribution in [0.4, 0.5) is 4.79 Å². The van der Waals surface area contributed by atoms with Crippen LogP contribution >= 0.6 is 0 Å². The summed E-state index contributed by atoms with van der Waals surface area (Å²) in [5, 5.41) is 15.7. The Balaban J connectivity index is 1.12. The molecular formula is C33H47N3O7. The molecule has 0 bridgehead atoms. The second kappa shape index (κ2) is 10.0. The SMILES string of the molecule is CC(=O)O[C@H]1[C@H]2O[C@]23[C@@H]2CC[C@]4(O)C[C@@H](NC(=O)N5CCCN(C)CC5)CC[C@]4(C)[C@H]2CC[C@]3(C)[C@H]1c1ccc(=O)oc1. The Labute approximate surface area is 253 Å². The fourth-order valence-corrected chi connectivity index (χ4v) is 10.8. The van der Waals surface area contributed by atoms with E-state index < -0.39 is 22.9 Å². The fraction of sp³-hybridized carbons (Fsp3) is 0.788. The van der Waals surface area contributed by atoms with Gasteiger partial charge in [-0.3, -0.25) is 4.79 Å². The molecule has 3 heterocycles. The minimum atomic E-state index is -0.867. The molecule has 43 heavy (non-hydrogen) atoms. The molecule has 10 nitrogen and oxygen atoms in total. The van der Waals surface area contributed by atoms with Crippen LogP contribution in [0.2, 0.25) is 0 Å². The van der Waals surface area contributed by atoms with Gasteiger partial charge in [-0.1, -0.05) is 13.8 Å². The molecule has 2 saturated heterocycles. The number of carbonyl (C=O) groups excluding carboxylic acids is 2. The van der Waals surface area contributed by atoms with E-state index in [1.165, 1.54) is 19.3 Å². The molecule has 0 radical (unpaired) electrons. The highest BCUT2D eigenvalue weighted by atomic mass is 16.7. The second-order valence-electron chi connectivity index (χ2n) is 15.0. The van der Waals surface area contributed by atoms with Crippen LogP contribution in [0.1, 0.15) is 83.6 Å². The summed E-state index contributed by atoms with van der Waals surface area (Å²) in [6, 6.07) is 3.20. The highest BCUT2D eigenvalue weighted by Crippen LogP contribution is 2.78.